The summed E-state index contributed by atoms with van der Waals surface area (Å²) in [5.74, 6) is -1.08. The molecule has 1 N–H and O–H groups in total. The van der Waals surface area contributed by atoms with Gasteiger partial charge in [-0.2, -0.15) is 0 Å². The highest BCUT2D eigenvalue weighted by Crippen LogP contribution is 2.30. The summed E-state index contributed by atoms with van der Waals surface area (Å²) in [6.07, 6.45) is 6.24. The third kappa shape index (κ3) is 4.07. The molecule has 0 bridgehead atoms. The van der Waals surface area contributed by atoms with Crippen molar-refractivity contribution in [1.82, 2.24) is 4.90 Å². The van der Waals surface area contributed by atoms with Crippen molar-refractivity contribution in [2.24, 2.45) is 0 Å². The van der Waals surface area contributed by atoms with E-state index in [1.807, 2.05) is 18.2 Å². The van der Waals surface area contributed by atoms with Crippen LogP contribution in [0.2, 0.25) is 0 Å². The maximum atomic E-state index is 11.6. The molecule has 1 aromatic rings. The highest BCUT2D eigenvalue weighted by atomic mass is 16.4. The Balaban J connectivity index is 2.02. The first-order valence-electron chi connectivity index (χ1n) is 8.18. The molecular formula is C18H27NO2. The SMILES string of the molecule is CCCCCCC(C)N1Cc2ccccc2C(C(=O)O)C1. The topological polar surface area (TPSA) is 40.5 Å². The number of hydrogen-bond acceptors (Lipinski definition) is 2. The minimum absolute atomic E-state index is 0.381. The Morgan fingerprint density at radius 2 is 2.10 bits per heavy atom. The van der Waals surface area contributed by atoms with E-state index in [4.69, 9.17) is 0 Å². The molecular weight excluding hydrogens is 262 g/mol. The Labute approximate surface area is 128 Å². The van der Waals surface area contributed by atoms with Gasteiger partial charge in [-0.25, -0.2) is 0 Å². The minimum Gasteiger partial charge on any atom is -0.481 e. The highest BCUT2D eigenvalue weighted by molar-refractivity contribution is 5.77. The van der Waals surface area contributed by atoms with Gasteiger partial charge in [-0.15, -0.1) is 0 Å². The molecule has 0 fully saturated rings. The van der Waals surface area contributed by atoms with Crippen molar-refractivity contribution < 1.29 is 9.90 Å². The van der Waals surface area contributed by atoms with E-state index in [1.54, 1.807) is 0 Å². The fourth-order valence-corrected chi connectivity index (χ4v) is 3.23. The number of unbranched alkanes of at least 4 members (excludes halogenated alkanes) is 3. The lowest BCUT2D eigenvalue weighted by Gasteiger charge is -2.36. The first-order valence-corrected chi connectivity index (χ1v) is 8.18. The van der Waals surface area contributed by atoms with Gasteiger partial charge >= 0.3 is 5.97 Å². The van der Waals surface area contributed by atoms with Crippen LogP contribution in [-0.2, 0) is 11.3 Å². The van der Waals surface area contributed by atoms with E-state index in [0.29, 0.717) is 12.6 Å². The van der Waals surface area contributed by atoms with Gasteiger partial charge in [0.2, 0.25) is 0 Å². The number of fused-ring (bicyclic) bond motifs is 1. The molecule has 3 nitrogen and oxygen atoms in total. The molecule has 2 rings (SSSR count). The van der Waals surface area contributed by atoms with Gasteiger partial charge in [-0.05, 0) is 24.5 Å². The van der Waals surface area contributed by atoms with Crippen LogP contribution in [0.3, 0.4) is 0 Å². The third-order valence-electron chi connectivity index (χ3n) is 4.62. The number of benzene rings is 1. The highest BCUT2D eigenvalue weighted by Gasteiger charge is 2.31. The Bertz CT molecular complexity index is 472. The second kappa shape index (κ2) is 7.60. The van der Waals surface area contributed by atoms with Crippen molar-refractivity contribution in [3.63, 3.8) is 0 Å². The lowest BCUT2D eigenvalue weighted by molar-refractivity contribution is -0.139. The molecule has 2 atom stereocenters. The lowest BCUT2D eigenvalue weighted by atomic mass is 9.88. The van der Waals surface area contributed by atoms with E-state index < -0.39 is 5.97 Å². The van der Waals surface area contributed by atoms with E-state index in [1.165, 1.54) is 31.2 Å². The molecule has 21 heavy (non-hydrogen) atoms. The summed E-state index contributed by atoms with van der Waals surface area (Å²) in [5.41, 5.74) is 2.18. The normalized spacial score (nSPS) is 20.0. The smallest absolute Gasteiger partial charge is 0.312 e. The van der Waals surface area contributed by atoms with Crippen LogP contribution in [0.1, 0.15) is 63.0 Å². The third-order valence-corrected chi connectivity index (χ3v) is 4.62. The maximum absolute atomic E-state index is 11.6. The lowest BCUT2D eigenvalue weighted by Crippen LogP contribution is -2.41. The van der Waals surface area contributed by atoms with Crippen LogP contribution in [0.25, 0.3) is 0 Å². The van der Waals surface area contributed by atoms with Crippen molar-refractivity contribution in [1.29, 1.82) is 0 Å². The zero-order chi connectivity index (χ0) is 15.2. The van der Waals surface area contributed by atoms with Crippen LogP contribution in [0.5, 0.6) is 0 Å². The largest absolute Gasteiger partial charge is 0.481 e. The number of hydrogen-bond donors (Lipinski definition) is 1. The standard InChI is InChI=1S/C18H27NO2/c1-3-4-5-6-9-14(2)19-12-15-10-7-8-11-16(15)17(13-19)18(20)21/h7-8,10-11,14,17H,3-6,9,12-13H2,1-2H3,(H,20,21). The first-order chi connectivity index (χ1) is 10.1. The fraction of sp³-hybridized carbons (Fsp3) is 0.611. The van der Waals surface area contributed by atoms with Crippen molar-refractivity contribution >= 4 is 5.97 Å². The van der Waals surface area contributed by atoms with Gasteiger partial charge in [0.05, 0.1) is 5.92 Å². The maximum Gasteiger partial charge on any atom is 0.312 e. The summed E-state index contributed by atoms with van der Waals surface area (Å²) < 4.78 is 0. The van der Waals surface area contributed by atoms with Gasteiger partial charge in [0.15, 0.2) is 0 Å². The molecule has 2 unspecified atom stereocenters. The zero-order valence-electron chi connectivity index (χ0n) is 13.2. The Hall–Kier alpha value is -1.35. The molecule has 0 aliphatic carbocycles. The van der Waals surface area contributed by atoms with Gasteiger partial charge in [0.1, 0.15) is 0 Å². The molecule has 0 spiro atoms. The van der Waals surface area contributed by atoms with Crippen molar-refractivity contribution in [3.8, 4) is 0 Å². The van der Waals surface area contributed by atoms with E-state index in [0.717, 1.165) is 18.5 Å². The average molecular weight is 289 g/mol. The number of nitrogens with zero attached hydrogens (tertiary/aromatic N) is 1. The van der Waals surface area contributed by atoms with Crippen LogP contribution in [0.15, 0.2) is 24.3 Å². The predicted molar refractivity (Wildman–Crippen MR) is 85.4 cm³/mol. The van der Waals surface area contributed by atoms with Crippen LogP contribution in [0.4, 0.5) is 0 Å². The van der Waals surface area contributed by atoms with Gasteiger partial charge in [0.25, 0.3) is 0 Å². The first kappa shape index (κ1) is 16.0. The molecule has 116 valence electrons. The van der Waals surface area contributed by atoms with Crippen LogP contribution in [0, 0.1) is 0 Å². The second-order valence-electron chi connectivity index (χ2n) is 6.22. The molecule has 0 radical (unpaired) electrons. The van der Waals surface area contributed by atoms with E-state index in [-0.39, 0.29) is 5.92 Å². The Kier molecular flexibility index (Phi) is 5.80. The molecule has 0 saturated heterocycles. The zero-order valence-corrected chi connectivity index (χ0v) is 13.2. The number of rotatable bonds is 7. The van der Waals surface area contributed by atoms with Crippen molar-refractivity contribution in [2.45, 2.75) is 64.5 Å². The van der Waals surface area contributed by atoms with Crippen LogP contribution < -0.4 is 0 Å². The van der Waals surface area contributed by atoms with E-state index in [2.05, 4.69) is 24.8 Å². The number of carboxylic acid groups (broad SMARTS) is 1. The van der Waals surface area contributed by atoms with E-state index >= 15 is 0 Å². The summed E-state index contributed by atoms with van der Waals surface area (Å²) in [4.78, 5) is 13.9. The summed E-state index contributed by atoms with van der Waals surface area (Å²) >= 11 is 0. The summed E-state index contributed by atoms with van der Waals surface area (Å²) in [5, 5.41) is 9.50. The number of carboxylic acids is 1. The summed E-state index contributed by atoms with van der Waals surface area (Å²) in [6.45, 7) is 5.98. The van der Waals surface area contributed by atoms with Gasteiger partial charge in [-0.3, -0.25) is 9.69 Å². The number of carbonyl (C=O) groups is 1. The summed E-state index contributed by atoms with van der Waals surface area (Å²) in [7, 11) is 0. The van der Waals surface area contributed by atoms with Crippen LogP contribution >= 0.6 is 0 Å². The van der Waals surface area contributed by atoms with Gasteiger partial charge in [-0.1, -0.05) is 56.9 Å². The molecule has 1 aromatic carbocycles. The van der Waals surface area contributed by atoms with Crippen molar-refractivity contribution in [2.75, 3.05) is 6.54 Å². The molecule has 0 saturated carbocycles. The molecule has 3 heteroatoms. The monoisotopic (exact) mass is 289 g/mol. The molecule has 0 aromatic heterocycles. The van der Waals surface area contributed by atoms with Crippen molar-refractivity contribution in [3.05, 3.63) is 35.4 Å². The quantitative estimate of drug-likeness (QED) is 0.770. The minimum atomic E-state index is -0.703. The fourth-order valence-electron chi connectivity index (χ4n) is 3.23. The second-order valence-corrected chi connectivity index (χ2v) is 6.22. The van der Waals surface area contributed by atoms with E-state index in [9.17, 15) is 9.90 Å². The molecule has 1 aliphatic rings. The molecule has 1 heterocycles. The Morgan fingerprint density at radius 1 is 1.33 bits per heavy atom. The Morgan fingerprint density at radius 3 is 2.81 bits per heavy atom. The number of aliphatic carboxylic acids is 1. The predicted octanol–water partition coefficient (Wildman–Crippen LogP) is 4.03. The summed E-state index contributed by atoms with van der Waals surface area (Å²) in [6, 6.07) is 8.45. The molecule has 0 amide bonds. The van der Waals surface area contributed by atoms with Crippen LogP contribution in [-0.4, -0.2) is 28.6 Å². The molecule has 1 aliphatic heterocycles. The van der Waals surface area contributed by atoms with Gasteiger partial charge < -0.3 is 5.11 Å². The average Bonchev–Trinajstić information content (AvgIpc) is 2.50. The van der Waals surface area contributed by atoms with Gasteiger partial charge in [0, 0.05) is 19.1 Å².